The van der Waals surface area contributed by atoms with Crippen LogP contribution in [0.2, 0.25) is 0 Å². The average Bonchev–Trinajstić information content (AvgIpc) is 2.77. The third-order valence-electron chi connectivity index (χ3n) is 3.87. The Hall–Kier alpha value is -2.94. The normalized spacial score (nSPS) is 10.6. The molecule has 6 nitrogen and oxygen atoms in total. The summed E-state index contributed by atoms with van der Waals surface area (Å²) >= 11 is 0. The third kappa shape index (κ3) is 2.27. The van der Waals surface area contributed by atoms with Crippen LogP contribution >= 0.6 is 0 Å². The Balaban J connectivity index is 2.02. The molecule has 0 fully saturated rings. The molecule has 3 rings (SSSR count). The smallest absolute Gasteiger partial charge is 0.186 e. The molecular formula is C16H16N6. The molecule has 0 amide bonds. The lowest BCUT2D eigenvalue weighted by molar-refractivity contribution is 0.730. The second-order valence-corrected chi connectivity index (χ2v) is 5.18. The highest BCUT2D eigenvalue weighted by Crippen LogP contribution is 2.25. The first-order chi connectivity index (χ1) is 10.6. The third-order valence-corrected chi connectivity index (χ3v) is 3.87. The van der Waals surface area contributed by atoms with E-state index < -0.39 is 0 Å². The van der Waals surface area contributed by atoms with Crippen molar-refractivity contribution in [2.45, 2.75) is 20.4 Å². The fourth-order valence-corrected chi connectivity index (χ4v) is 2.56. The zero-order valence-electron chi connectivity index (χ0n) is 12.8. The topological polar surface area (TPSA) is 79.4 Å². The minimum Gasteiger partial charge on any atom is -0.378 e. The van der Waals surface area contributed by atoms with Crippen LogP contribution in [0.1, 0.15) is 22.6 Å². The van der Waals surface area contributed by atoms with Crippen molar-refractivity contribution in [1.29, 1.82) is 5.26 Å². The summed E-state index contributed by atoms with van der Waals surface area (Å²) in [4.78, 5) is 0. The second-order valence-electron chi connectivity index (χ2n) is 5.18. The monoisotopic (exact) mass is 292 g/mol. The molecule has 110 valence electrons. The molecule has 0 spiro atoms. The summed E-state index contributed by atoms with van der Waals surface area (Å²) in [6.07, 6.45) is 0. The molecule has 0 bridgehead atoms. The molecule has 0 aliphatic carbocycles. The molecule has 1 N–H and O–H groups in total. The predicted molar refractivity (Wildman–Crippen MR) is 84.3 cm³/mol. The van der Waals surface area contributed by atoms with E-state index in [1.54, 1.807) is 0 Å². The van der Waals surface area contributed by atoms with Crippen molar-refractivity contribution in [2.75, 3.05) is 5.32 Å². The van der Waals surface area contributed by atoms with Crippen molar-refractivity contribution < 1.29 is 0 Å². The van der Waals surface area contributed by atoms with Crippen LogP contribution in [0.4, 0.5) is 5.69 Å². The first-order valence-corrected chi connectivity index (χ1v) is 7.00. The fourth-order valence-electron chi connectivity index (χ4n) is 2.56. The maximum Gasteiger partial charge on any atom is 0.186 e. The van der Waals surface area contributed by atoms with Gasteiger partial charge in [0.2, 0.25) is 0 Å². The summed E-state index contributed by atoms with van der Waals surface area (Å²) < 4.78 is 1.86. The lowest BCUT2D eigenvalue weighted by Gasteiger charge is -2.10. The first-order valence-electron chi connectivity index (χ1n) is 7.00. The van der Waals surface area contributed by atoms with Gasteiger partial charge in [0.15, 0.2) is 5.69 Å². The van der Waals surface area contributed by atoms with E-state index in [1.807, 2.05) is 49.8 Å². The second kappa shape index (κ2) is 5.45. The molecular weight excluding hydrogens is 276 g/mol. The molecule has 0 saturated carbocycles. The summed E-state index contributed by atoms with van der Waals surface area (Å²) in [7, 11) is 1.93. The number of anilines is 1. The lowest BCUT2D eigenvalue weighted by Crippen LogP contribution is -2.06. The van der Waals surface area contributed by atoms with Gasteiger partial charge in [-0.05, 0) is 19.9 Å². The molecule has 0 unspecified atom stereocenters. The van der Waals surface area contributed by atoms with Gasteiger partial charge in [0.1, 0.15) is 6.07 Å². The number of aromatic nitrogens is 4. The Morgan fingerprint density at radius 1 is 1.23 bits per heavy atom. The minimum atomic E-state index is 0.304. The van der Waals surface area contributed by atoms with Crippen molar-refractivity contribution in [1.82, 2.24) is 20.0 Å². The van der Waals surface area contributed by atoms with Gasteiger partial charge < -0.3 is 5.32 Å². The summed E-state index contributed by atoms with van der Waals surface area (Å²) in [5.41, 5.74) is 5.01. The van der Waals surface area contributed by atoms with Gasteiger partial charge >= 0.3 is 0 Å². The fraction of sp³-hybridized carbons (Fsp3) is 0.250. The molecule has 0 aliphatic rings. The van der Waals surface area contributed by atoms with Crippen LogP contribution in [0.5, 0.6) is 0 Å². The predicted octanol–water partition coefficient (Wildman–Crippen LogP) is 2.46. The van der Waals surface area contributed by atoms with Crippen LogP contribution in [-0.4, -0.2) is 20.0 Å². The zero-order valence-corrected chi connectivity index (χ0v) is 12.8. The highest BCUT2D eigenvalue weighted by molar-refractivity contribution is 5.92. The highest BCUT2D eigenvalue weighted by Gasteiger charge is 2.13. The van der Waals surface area contributed by atoms with E-state index in [4.69, 9.17) is 0 Å². The van der Waals surface area contributed by atoms with E-state index in [9.17, 15) is 5.26 Å². The number of hydrogen-bond acceptors (Lipinski definition) is 5. The molecule has 2 aromatic heterocycles. The average molecular weight is 292 g/mol. The lowest BCUT2D eigenvalue weighted by atomic mass is 10.1. The van der Waals surface area contributed by atoms with Crippen LogP contribution in [0.15, 0.2) is 24.3 Å². The summed E-state index contributed by atoms with van der Waals surface area (Å²) in [5.74, 6) is 0. The number of benzene rings is 1. The number of rotatable bonds is 3. The molecule has 3 aromatic rings. The van der Waals surface area contributed by atoms with Gasteiger partial charge in [0.05, 0.1) is 16.9 Å². The molecule has 0 saturated heterocycles. The summed E-state index contributed by atoms with van der Waals surface area (Å²) in [6, 6.07) is 9.76. The first kappa shape index (κ1) is 14.0. The van der Waals surface area contributed by atoms with Crippen molar-refractivity contribution in [3.05, 3.63) is 46.9 Å². The van der Waals surface area contributed by atoms with Gasteiger partial charge in [0.25, 0.3) is 0 Å². The largest absolute Gasteiger partial charge is 0.378 e. The van der Waals surface area contributed by atoms with Crippen molar-refractivity contribution >= 4 is 16.6 Å². The van der Waals surface area contributed by atoms with Gasteiger partial charge in [-0.2, -0.15) is 10.4 Å². The van der Waals surface area contributed by atoms with Gasteiger partial charge in [-0.15, -0.1) is 10.2 Å². The van der Waals surface area contributed by atoms with Crippen molar-refractivity contribution in [3.8, 4) is 6.07 Å². The van der Waals surface area contributed by atoms with E-state index in [0.717, 1.165) is 33.5 Å². The number of hydrogen-bond donors (Lipinski definition) is 1. The molecule has 22 heavy (non-hydrogen) atoms. The molecule has 0 aliphatic heterocycles. The molecule has 6 heteroatoms. The Bertz CT molecular complexity index is 888. The Kier molecular flexibility index (Phi) is 3.47. The number of nitrogens with zero attached hydrogens (tertiary/aromatic N) is 5. The SMILES string of the molecule is Cc1nn(C)c(C)c1CNc1c(C#N)nnc2ccccc12. The van der Waals surface area contributed by atoms with Gasteiger partial charge in [0, 0.05) is 30.2 Å². The van der Waals surface area contributed by atoms with Crippen LogP contribution < -0.4 is 5.32 Å². The molecule has 1 aromatic carbocycles. The van der Waals surface area contributed by atoms with Crippen LogP contribution in [0, 0.1) is 25.2 Å². The number of aryl methyl sites for hydroxylation is 2. The minimum absolute atomic E-state index is 0.304. The van der Waals surface area contributed by atoms with Crippen LogP contribution in [0.3, 0.4) is 0 Å². The van der Waals surface area contributed by atoms with E-state index in [2.05, 4.69) is 26.7 Å². The van der Waals surface area contributed by atoms with Gasteiger partial charge in [-0.25, -0.2) is 0 Å². The van der Waals surface area contributed by atoms with E-state index in [-0.39, 0.29) is 0 Å². The van der Waals surface area contributed by atoms with Crippen molar-refractivity contribution in [3.63, 3.8) is 0 Å². The number of fused-ring (bicyclic) bond motifs is 1. The maximum absolute atomic E-state index is 9.28. The van der Waals surface area contributed by atoms with Gasteiger partial charge in [-0.3, -0.25) is 4.68 Å². The van der Waals surface area contributed by atoms with E-state index >= 15 is 0 Å². The summed E-state index contributed by atoms with van der Waals surface area (Å²) in [6.45, 7) is 4.61. The Labute approximate surface area is 128 Å². The number of nitriles is 1. The van der Waals surface area contributed by atoms with Crippen LogP contribution in [-0.2, 0) is 13.6 Å². The maximum atomic E-state index is 9.28. The van der Waals surface area contributed by atoms with Gasteiger partial charge in [-0.1, -0.05) is 18.2 Å². The quantitative estimate of drug-likeness (QED) is 0.802. The van der Waals surface area contributed by atoms with Crippen LogP contribution in [0.25, 0.3) is 10.9 Å². The highest BCUT2D eigenvalue weighted by atomic mass is 15.3. The summed E-state index contributed by atoms with van der Waals surface area (Å²) in [5, 5.41) is 26.0. The van der Waals surface area contributed by atoms with E-state index in [1.165, 1.54) is 0 Å². The van der Waals surface area contributed by atoms with E-state index in [0.29, 0.717) is 12.2 Å². The molecule has 2 heterocycles. The zero-order chi connectivity index (χ0) is 15.7. The Morgan fingerprint density at radius 2 is 2.00 bits per heavy atom. The van der Waals surface area contributed by atoms with Crippen molar-refractivity contribution in [2.24, 2.45) is 7.05 Å². The standard InChI is InChI=1S/C16H16N6/c1-10-13(11(2)22(3)21-10)9-18-16-12-6-4-5-7-14(12)19-20-15(16)8-17/h4-7H,9H2,1-3H3,(H,18,19). The Morgan fingerprint density at radius 3 is 2.68 bits per heavy atom. The molecule has 0 radical (unpaired) electrons. The molecule has 0 atom stereocenters. The number of nitrogens with one attached hydrogen (secondary N) is 1.